The molecule has 0 unspecified atom stereocenters. The van der Waals surface area contributed by atoms with Gasteiger partial charge in [0.1, 0.15) is 0 Å². The molecule has 2 fully saturated rings. The molecule has 0 aromatic carbocycles. The zero-order valence-electron chi connectivity index (χ0n) is 9.54. The summed E-state index contributed by atoms with van der Waals surface area (Å²) < 4.78 is 0. The van der Waals surface area contributed by atoms with Gasteiger partial charge in [-0.15, -0.1) is 0 Å². The van der Waals surface area contributed by atoms with Crippen LogP contribution in [0.3, 0.4) is 0 Å². The Balaban J connectivity index is 2.15. The van der Waals surface area contributed by atoms with E-state index in [2.05, 4.69) is 0 Å². The highest BCUT2D eigenvalue weighted by molar-refractivity contribution is 5.77. The number of hydrogen-bond donors (Lipinski definition) is 1. The van der Waals surface area contributed by atoms with Crippen LogP contribution in [0, 0.1) is 0 Å². The van der Waals surface area contributed by atoms with Gasteiger partial charge in [-0.2, -0.15) is 0 Å². The molecular formula is C11H21N3O. The zero-order valence-corrected chi connectivity index (χ0v) is 9.54. The average molecular weight is 211 g/mol. The molecule has 2 N–H and O–H groups in total. The number of urea groups is 1. The van der Waals surface area contributed by atoms with Crippen LogP contribution in [0.25, 0.3) is 0 Å². The Labute approximate surface area is 91.4 Å². The van der Waals surface area contributed by atoms with Crippen LogP contribution in [-0.4, -0.2) is 48.1 Å². The van der Waals surface area contributed by atoms with E-state index >= 15 is 0 Å². The van der Waals surface area contributed by atoms with Crippen molar-refractivity contribution < 1.29 is 4.79 Å². The van der Waals surface area contributed by atoms with Gasteiger partial charge in [0.2, 0.25) is 0 Å². The van der Waals surface area contributed by atoms with Crippen LogP contribution in [0.15, 0.2) is 0 Å². The maximum atomic E-state index is 12.0. The first-order chi connectivity index (χ1) is 7.19. The predicted octanol–water partition coefficient (Wildman–Crippen LogP) is 1.02. The summed E-state index contributed by atoms with van der Waals surface area (Å²) in [4.78, 5) is 15.8. The molecule has 1 saturated heterocycles. The lowest BCUT2D eigenvalue weighted by atomic mass is 9.80. The molecule has 1 aliphatic heterocycles. The molecular weight excluding hydrogens is 190 g/mol. The van der Waals surface area contributed by atoms with Crippen LogP contribution in [-0.2, 0) is 0 Å². The number of hydrogen-bond acceptors (Lipinski definition) is 2. The Bertz CT molecular complexity index is 248. The Hall–Kier alpha value is -0.770. The second-order valence-corrected chi connectivity index (χ2v) is 4.84. The Morgan fingerprint density at radius 2 is 1.93 bits per heavy atom. The van der Waals surface area contributed by atoms with E-state index in [-0.39, 0.29) is 11.6 Å². The van der Waals surface area contributed by atoms with Crippen LogP contribution < -0.4 is 5.73 Å². The highest BCUT2D eigenvalue weighted by Gasteiger charge is 2.43. The zero-order chi connectivity index (χ0) is 10.9. The number of nitrogens with two attached hydrogens (primary N) is 1. The van der Waals surface area contributed by atoms with Gasteiger partial charge in [0.05, 0.1) is 5.54 Å². The average Bonchev–Trinajstić information content (AvgIpc) is 2.61. The third-order valence-electron chi connectivity index (χ3n) is 3.95. The Morgan fingerprint density at radius 3 is 2.40 bits per heavy atom. The van der Waals surface area contributed by atoms with E-state index in [0.29, 0.717) is 6.54 Å². The second kappa shape index (κ2) is 4.00. The summed E-state index contributed by atoms with van der Waals surface area (Å²) in [6.45, 7) is 2.32. The minimum atomic E-state index is -0.0277. The summed E-state index contributed by atoms with van der Waals surface area (Å²) in [6, 6.07) is 0.169. The first kappa shape index (κ1) is 10.7. The van der Waals surface area contributed by atoms with Gasteiger partial charge in [-0.25, -0.2) is 4.79 Å². The fourth-order valence-corrected chi connectivity index (χ4v) is 2.88. The Kier molecular flexibility index (Phi) is 2.87. The van der Waals surface area contributed by atoms with Crippen molar-refractivity contribution in [2.24, 2.45) is 5.73 Å². The molecule has 1 saturated carbocycles. The molecule has 2 rings (SSSR count). The van der Waals surface area contributed by atoms with Crippen LogP contribution in [0.1, 0.15) is 32.1 Å². The minimum absolute atomic E-state index is 0.0277. The van der Waals surface area contributed by atoms with E-state index in [1.54, 1.807) is 4.90 Å². The summed E-state index contributed by atoms with van der Waals surface area (Å²) in [6.07, 6.45) is 5.89. The maximum absolute atomic E-state index is 12.0. The molecule has 86 valence electrons. The van der Waals surface area contributed by atoms with Gasteiger partial charge in [0.25, 0.3) is 0 Å². The summed E-state index contributed by atoms with van der Waals surface area (Å²) in [5.74, 6) is 0. The molecule has 4 heteroatoms. The van der Waals surface area contributed by atoms with Gasteiger partial charge in [0.15, 0.2) is 0 Å². The molecule has 15 heavy (non-hydrogen) atoms. The molecule has 1 heterocycles. The van der Waals surface area contributed by atoms with Gasteiger partial charge < -0.3 is 15.5 Å². The lowest BCUT2D eigenvalue weighted by Gasteiger charge is -2.43. The van der Waals surface area contributed by atoms with Crippen molar-refractivity contribution >= 4 is 6.03 Å². The molecule has 0 spiro atoms. The van der Waals surface area contributed by atoms with Gasteiger partial charge in [0, 0.05) is 26.7 Å². The number of nitrogens with zero attached hydrogens (tertiary/aromatic N) is 2. The molecule has 2 amide bonds. The normalized spacial score (nSPS) is 26.1. The number of rotatable bonds is 2. The summed E-state index contributed by atoms with van der Waals surface area (Å²) >= 11 is 0. The van der Waals surface area contributed by atoms with Gasteiger partial charge in [-0.3, -0.25) is 0 Å². The molecule has 0 radical (unpaired) electrons. The van der Waals surface area contributed by atoms with Crippen molar-refractivity contribution in [1.82, 2.24) is 9.80 Å². The molecule has 0 aromatic heterocycles. The molecule has 0 aromatic rings. The van der Waals surface area contributed by atoms with E-state index in [1.807, 2.05) is 11.9 Å². The molecule has 1 aliphatic carbocycles. The standard InChI is InChI=1S/C11H21N3O/c1-13-7-8-14(10(13)15)11(9-12)5-3-2-4-6-11/h2-9,12H2,1H3. The van der Waals surface area contributed by atoms with Gasteiger partial charge in [-0.05, 0) is 12.8 Å². The fraction of sp³-hybridized carbons (Fsp3) is 0.909. The van der Waals surface area contributed by atoms with Crippen molar-refractivity contribution in [2.75, 3.05) is 26.7 Å². The first-order valence-electron chi connectivity index (χ1n) is 5.92. The van der Waals surface area contributed by atoms with Crippen LogP contribution in [0.2, 0.25) is 0 Å². The molecule has 0 atom stereocenters. The third kappa shape index (κ3) is 1.71. The van der Waals surface area contributed by atoms with Gasteiger partial charge in [-0.1, -0.05) is 19.3 Å². The van der Waals surface area contributed by atoms with E-state index in [1.165, 1.54) is 19.3 Å². The highest BCUT2D eigenvalue weighted by atomic mass is 16.2. The van der Waals surface area contributed by atoms with Crippen LogP contribution >= 0.6 is 0 Å². The monoisotopic (exact) mass is 211 g/mol. The fourth-order valence-electron chi connectivity index (χ4n) is 2.88. The topological polar surface area (TPSA) is 49.6 Å². The van der Waals surface area contributed by atoms with Crippen molar-refractivity contribution in [3.8, 4) is 0 Å². The minimum Gasteiger partial charge on any atom is -0.328 e. The predicted molar refractivity (Wildman–Crippen MR) is 59.6 cm³/mol. The van der Waals surface area contributed by atoms with E-state index < -0.39 is 0 Å². The van der Waals surface area contributed by atoms with E-state index in [4.69, 9.17) is 5.73 Å². The number of amides is 2. The molecule has 0 bridgehead atoms. The number of carbonyl (C=O) groups excluding carboxylic acids is 1. The maximum Gasteiger partial charge on any atom is 0.320 e. The Morgan fingerprint density at radius 1 is 1.27 bits per heavy atom. The van der Waals surface area contributed by atoms with Crippen molar-refractivity contribution in [2.45, 2.75) is 37.6 Å². The molecule has 4 nitrogen and oxygen atoms in total. The van der Waals surface area contributed by atoms with Crippen molar-refractivity contribution in [3.05, 3.63) is 0 Å². The highest BCUT2D eigenvalue weighted by Crippen LogP contribution is 2.34. The summed E-state index contributed by atoms with van der Waals surface area (Å²) in [5, 5.41) is 0. The largest absolute Gasteiger partial charge is 0.328 e. The van der Waals surface area contributed by atoms with E-state index in [9.17, 15) is 4.79 Å². The van der Waals surface area contributed by atoms with Crippen molar-refractivity contribution in [3.63, 3.8) is 0 Å². The van der Waals surface area contributed by atoms with Crippen molar-refractivity contribution in [1.29, 1.82) is 0 Å². The quantitative estimate of drug-likeness (QED) is 0.741. The number of carbonyl (C=O) groups is 1. The smallest absolute Gasteiger partial charge is 0.320 e. The van der Waals surface area contributed by atoms with Crippen LogP contribution in [0.4, 0.5) is 4.79 Å². The number of likely N-dealkylation sites (N-methyl/N-ethyl adjacent to an activating group) is 1. The summed E-state index contributed by atoms with van der Waals surface area (Å²) in [5.41, 5.74) is 5.89. The molecule has 2 aliphatic rings. The lowest BCUT2D eigenvalue weighted by molar-refractivity contribution is 0.0988. The van der Waals surface area contributed by atoms with Crippen LogP contribution in [0.5, 0.6) is 0 Å². The van der Waals surface area contributed by atoms with Gasteiger partial charge >= 0.3 is 6.03 Å². The lowest BCUT2D eigenvalue weighted by Crippen LogP contribution is -2.56. The second-order valence-electron chi connectivity index (χ2n) is 4.84. The SMILES string of the molecule is CN1CCN(C2(CN)CCCCC2)C1=O. The first-order valence-corrected chi connectivity index (χ1v) is 5.92. The van der Waals surface area contributed by atoms with E-state index in [0.717, 1.165) is 25.9 Å². The summed E-state index contributed by atoms with van der Waals surface area (Å²) in [7, 11) is 1.87. The third-order valence-corrected chi connectivity index (χ3v) is 3.95.